The molecule has 0 bridgehead atoms. The summed E-state index contributed by atoms with van der Waals surface area (Å²) in [5.74, 6) is -0.635. The minimum Gasteiger partial charge on any atom is -0.492 e. The monoisotopic (exact) mass is 464 g/mol. The van der Waals surface area contributed by atoms with E-state index in [1.54, 1.807) is 36.4 Å². The van der Waals surface area contributed by atoms with E-state index in [9.17, 15) is 19.7 Å². The number of halogens is 1. The van der Waals surface area contributed by atoms with Gasteiger partial charge in [0.15, 0.2) is 5.76 Å². The van der Waals surface area contributed by atoms with Crippen LogP contribution in [0.15, 0.2) is 71.1 Å². The first-order chi connectivity index (χ1) is 15.9. The quantitative estimate of drug-likeness (QED) is 0.208. The third-order valence-corrected chi connectivity index (χ3v) is 5.17. The molecular weight excluding hydrogens is 448 g/mol. The second-order valence-electron chi connectivity index (χ2n) is 6.97. The van der Waals surface area contributed by atoms with Gasteiger partial charge >= 0.3 is 0 Å². The van der Waals surface area contributed by atoms with Gasteiger partial charge in [-0.25, -0.2) is 0 Å². The average Bonchev–Trinajstić information content (AvgIpc) is 3.18. The number of benzene rings is 3. The van der Waals surface area contributed by atoms with Crippen LogP contribution < -0.4 is 10.1 Å². The summed E-state index contributed by atoms with van der Waals surface area (Å²) in [4.78, 5) is 36.4. The van der Waals surface area contributed by atoms with Gasteiger partial charge in [-0.3, -0.25) is 19.7 Å². The number of nitrogens with one attached hydrogen (secondary N) is 1. The molecule has 1 amide bonds. The summed E-state index contributed by atoms with van der Waals surface area (Å²) in [5, 5.41) is 14.4. The number of amides is 1. The van der Waals surface area contributed by atoms with Crippen LogP contribution in [0.1, 0.15) is 33.4 Å². The Hall–Kier alpha value is -4.17. The SMILES string of the molecule is CCOc1ccc(C(=O)c2oc3ccccc3c2NC(=O)c2ccc([N+](=O)[O-])cc2)cc1Cl. The van der Waals surface area contributed by atoms with Gasteiger partial charge in [0.25, 0.3) is 11.6 Å². The Morgan fingerprint density at radius 2 is 1.76 bits per heavy atom. The van der Waals surface area contributed by atoms with Crippen LogP contribution in [0.4, 0.5) is 11.4 Å². The normalized spacial score (nSPS) is 10.7. The van der Waals surface area contributed by atoms with Gasteiger partial charge < -0.3 is 14.5 Å². The number of fused-ring (bicyclic) bond motifs is 1. The number of nitrogens with zero attached hydrogens (tertiary/aromatic N) is 1. The molecule has 0 atom stereocenters. The van der Waals surface area contributed by atoms with Gasteiger partial charge in [0.2, 0.25) is 5.78 Å². The minimum atomic E-state index is -0.552. The molecule has 4 rings (SSSR count). The van der Waals surface area contributed by atoms with Crippen LogP contribution in [0, 0.1) is 10.1 Å². The molecule has 0 aliphatic heterocycles. The number of nitro benzene ring substituents is 1. The Bertz CT molecular complexity index is 1380. The number of hydrogen-bond acceptors (Lipinski definition) is 6. The molecule has 1 heterocycles. The number of ether oxygens (including phenoxy) is 1. The molecule has 4 aromatic rings. The van der Waals surface area contributed by atoms with Gasteiger partial charge in [0.05, 0.1) is 22.2 Å². The molecule has 0 unspecified atom stereocenters. The van der Waals surface area contributed by atoms with Crippen LogP contribution in [0.5, 0.6) is 5.75 Å². The molecule has 0 fully saturated rings. The Morgan fingerprint density at radius 1 is 1.06 bits per heavy atom. The molecule has 9 heteroatoms. The third kappa shape index (κ3) is 4.42. The molecule has 0 aliphatic carbocycles. The second-order valence-corrected chi connectivity index (χ2v) is 7.37. The lowest BCUT2D eigenvalue weighted by atomic mass is 10.1. The van der Waals surface area contributed by atoms with Crippen molar-refractivity contribution in [3.63, 3.8) is 0 Å². The summed E-state index contributed by atoms with van der Waals surface area (Å²) in [6.45, 7) is 2.25. The fraction of sp³-hybridized carbons (Fsp3) is 0.0833. The maximum absolute atomic E-state index is 13.3. The number of anilines is 1. The van der Waals surface area contributed by atoms with Crippen LogP contribution in [0.25, 0.3) is 11.0 Å². The molecule has 33 heavy (non-hydrogen) atoms. The molecule has 0 radical (unpaired) electrons. The van der Waals surface area contributed by atoms with E-state index in [0.29, 0.717) is 23.3 Å². The van der Waals surface area contributed by atoms with Crippen LogP contribution in [-0.4, -0.2) is 23.2 Å². The van der Waals surface area contributed by atoms with E-state index in [0.717, 1.165) is 0 Å². The van der Waals surface area contributed by atoms with Crippen LogP contribution in [-0.2, 0) is 0 Å². The molecule has 0 saturated carbocycles. The Labute approximate surface area is 192 Å². The summed E-state index contributed by atoms with van der Waals surface area (Å²) in [6, 6.07) is 16.7. The highest BCUT2D eigenvalue weighted by molar-refractivity contribution is 6.32. The summed E-state index contributed by atoms with van der Waals surface area (Å²) >= 11 is 6.23. The van der Waals surface area contributed by atoms with Gasteiger partial charge in [-0.1, -0.05) is 23.7 Å². The summed E-state index contributed by atoms with van der Waals surface area (Å²) in [7, 11) is 0. The van der Waals surface area contributed by atoms with E-state index in [-0.39, 0.29) is 33.3 Å². The van der Waals surface area contributed by atoms with Gasteiger partial charge in [-0.15, -0.1) is 0 Å². The smallest absolute Gasteiger partial charge is 0.269 e. The maximum Gasteiger partial charge on any atom is 0.269 e. The van der Waals surface area contributed by atoms with Crippen molar-refractivity contribution in [1.82, 2.24) is 0 Å². The third-order valence-electron chi connectivity index (χ3n) is 4.87. The van der Waals surface area contributed by atoms with E-state index in [2.05, 4.69) is 5.32 Å². The molecule has 0 spiro atoms. The minimum absolute atomic E-state index is 0.0633. The number of furan rings is 1. The number of carbonyl (C=O) groups is 2. The van der Waals surface area contributed by atoms with Gasteiger partial charge in [0.1, 0.15) is 11.3 Å². The lowest BCUT2D eigenvalue weighted by molar-refractivity contribution is -0.384. The highest BCUT2D eigenvalue weighted by Crippen LogP contribution is 2.34. The first kappa shape index (κ1) is 22.0. The Morgan fingerprint density at radius 3 is 2.42 bits per heavy atom. The van der Waals surface area contributed by atoms with Crippen LogP contribution >= 0.6 is 11.6 Å². The molecule has 166 valence electrons. The van der Waals surface area contributed by atoms with Crippen molar-refractivity contribution in [2.75, 3.05) is 11.9 Å². The first-order valence-corrected chi connectivity index (χ1v) is 10.3. The zero-order valence-corrected chi connectivity index (χ0v) is 18.1. The highest BCUT2D eigenvalue weighted by atomic mass is 35.5. The number of ketones is 1. The lowest BCUT2D eigenvalue weighted by Crippen LogP contribution is -2.14. The second kappa shape index (κ2) is 9.13. The average molecular weight is 465 g/mol. The molecule has 3 aromatic carbocycles. The van der Waals surface area contributed by atoms with Crippen molar-refractivity contribution in [1.29, 1.82) is 0 Å². The Balaban J connectivity index is 1.71. The van der Waals surface area contributed by atoms with Crippen LogP contribution in [0.3, 0.4) is 0 Å². The standard InChI is InChI=1S/C24H17ClN2O6/c1-2-32-20-12-9-15(13-18(20)25)22(28)23-21(17-5-3-4-6-19(17)33-23)26-24(29)14-7-10-16(11-8-14)27(30)31/h3-13H,2H2,1H3,(H,26,29). The zero-order valence-electron chi connectivity index (χ0n) is 17.3. The Kier molecular flexibility index (Phi) is 6.10. The van der Waals surface area contributed by atoms with E-state index in [1.165, 1.54) is 30.3 Å². The number of hydrogen-bond donors (Lipinski definition) is 1. The van der Waals surface area contributed by atoms with E-state index < -0.39 is 16.6 Å². The molecule has 8 nitrogen and oxygen atoms in total. The van der Waals surface area contributed by atoms with E-state index in [4.69, 9.17) is 20.8 Å². The van der Waals surface area contributed by atoms with Crippen molar-refractivity contribution in [2.45, 2.75) is 6.92 Å². The molecule has 1 N–H and O–H groups in total. The topological polar surface area (TPSA) is 112 Å². The molecular formula is C24H17ClN2O6. The maximum atomic E-state index is 13.3. The van der Waals surface area contributed by atoms with Gasteiger partial charge in [0, 0.05) is 28.6 Å². The number of para-hydroxylation sites is 1. The predicted octanol–water partition coefficient (Wildman–Crippen LogP) is 5.88. The van der Waals surface area contributed by atoms with Gasteiger partial charge in [-0.2, -0.15) is 0 Å². The zero-order chi connectivity index (χ0) is 23.5. The number of rotatable bonds is 7. The molecule has 1 aromatic heterocycles. The summed E-state index contributed by atoms with van der Waals surface area (Å²) in [5.41, 5.74) is 0.922. The number of nitro groups is 1. The fourth-order valence-electron chi connectivity index (χ4n) is 3.30. The molecule has 0 saturated heterocycles. The molecule has 0 aliphatic rings. The van der Waals surface area contributed by atoms with Gasteiger partial charge in [-0.05, 0) is 49.4 Å². The first-order valence-electron chi connectivity index (χ1n) is 9.93. The highest BCUT2D eigenvalue weighted by Gasteiger charge is 2.24. The van der Waals surface area contributed by atoms with Crippen molar-refractivity contribution in [2.24, 2.45) is 0 Å². The van der Waals surface area contributed by atoms with Crippen molar-refractivity contribution in [3.8, 4) is 5.75 Å². The summed E-state index contributed by atoms with van der Waals surface area (Å²) in [6.07, 6.45) is 0. The summed E-state index contributed by atoms with van der Waals surface area (Å²) < 4.78 is 11.2. The van der Waals surface area contributed by atoms with Crippen molar-refractivity contribution >= 4 is 45.6 Å². The number of carbonyl (C=O) groups excluding carboxylic acids is 2. The fourth-order valence-corrected chi connectivity index (χ4v) is 3.53. The van der Waals surface area contributed by atoms with E-state index in [1.807, 2.05) is 6.92 Å². The van der Waals surface area contributed by atoms with Crippen LogP contribution in [0.2, 0.25) is 5.02 Å². The largest absolute Gasteiger partial charge is 0.492 e. The van der Waals surface area contributed by atoms with Crippen molar-refractivity contribution in [3.05, 3.63) is 98.8 Å². The van der Waals surface area contributed by atoms with E-state index >= 15 is 0 Å². The number of non-ortho nitro benzene ring substituents is 1. The van der Waals surface area contributed by atoms with Crippen molar-refractivity contribution < 1.29 is 23.7 Å². The lowest BCUT2D eigenvalue weighted by Gasteiger charge is -2.08. The predicted molar refractivity (Wildman–Crippen MR) is 123 cm³/mol.